The van der Waals surface area contributed by atoms with Gasteiger partial charge in [0.05, 0.1) is 19.4 Å². The van der Waals surface area contributed by atoms with Crippen molar-refractivity contribution in [3.8, 4) is 5.75 Å². The number of methoxy groups -OCH3 is 1. The van der Waals surface area contributed by atoms with E-state index in [1.807, 2.05) is 6.92 Å². The third-order valence-corrected chi connectivity index (χ3v) is 2.33. The average molecular weight is 255 g/mol. The van der Waals surface area contributed by atoms with Crippen LogP contribution in [0, 0.1) is 6.92 Å². The molecular formula is C12H17NO5. The molecule has 0 fully saturated rings. The molecule has 1 rings (SSSR count). The van der Waals surface area contributed by atoms with Gasteiger partial charge < -0.3 is 15.2 Å². The molecule has 0 heterocycles. The molecule has 0 atom stereocenters. The molecule has 6 heteroatoms. The van der Waals surface area contributed by atoms with Crippen LogP contribution in [0.1, 0.15) is 15.9 Å². The van der Waals surface area contributed by atoms with E-state index in [0.717, 1.165) is 5.56 Å². The zero-order chi connectivity index (χ0) is 13.5. The lowest BCUT2D eigenvalue weighted by molar-refractivity contribution is -0.216. The Morgan fingerprint density at radius 3 is 2.61 bits per heavy atom. The van der Waals surface area contributed by atoms with Gasteiger partial charge in [0.1, 0.15) is 12.2 Å². The second kappa shape index (κ2) is 6.83. The highest BCUT2D eigenvalue weighted by atomic mass is 17.2. The summed E-state index contributed by atoms with van der Waals surface area (Å²) in [5.74, 6) is -0.370. The fraction of sp³-hybridized carbons (Fsp3) is 0.417. The summed E-state index contributed by atoms with van der Waals surface area (Å²) < 4.78 is 10.3. The maximum absolute atomic E-state index is 11.6. The van der Waals surface area contributed by atoms with Crippen LogP contribution in [0.25, 0.3) is 0 Å². The van der Waals surface area contributed by atoms with Crippen LogP contribution in [-0.4, -0.2) is 33.4 Å². The molecule has 0 aliphatic rings. The van der Waals surface area contributed by atoms with Crippen molar-refractivity contribution in [2.75, 3.05) is 33.2 Å². The largest absolute Gasteiger partial charge is 0.488 e. The number of rotatable bonds is 6. The van der Waals surface area contributed by atoms with Crippen LogP contribution in [0.5, 0.6) is 5.75 Å². The summed E-state index contributed by atoms with van der Waals surface area (Å²) in [7, 11) is 2.81. The van der Waals surface area contributed by atoms with E-state index < -0.39 is 5.97 Å². The molecule has 0 saturated carbocycles. The van der Waals surface area contributed by atoms with Crippen LogP contribution in [0.4, 0.5) is 5.69 Å². The standard InChI is InChI=1S/C12H17NO5/c1-8-4-5-9(12(14)18-16-3)11(10(8)13)17-7-6-15-2/h4-5H,6-7,13H2,1-3H3. The molecule has 0 aliphatic heterocycles. The number of nitrogens with two attached hydrogens (primary N) is 1. The predicted molar refractivity (Wildman–Crippen MR) is 65.4 cm³/mol. The Kier molecular flexibility index (Phi) is 5.41. The molecule has 6 nitrogen and oxygen atoms in total. The van der Waals surface area contributed by atoms with E-state index >= 15 is 0 Å². The third kappa shape index (κ3) is 3.35. The van der Waals surface area contributed by atoms with Crippen molar-refractivity contribution in [2.45, 2.75) is 6.92 Å². The van der Waals surface area contributed by atoms with Gasteiger partial charge in [-0.15, -0.1) is 0 Å². The second-order valence-electron chi connectivity index (χ2n) is 3.55. The van der Waals surface area contributed by atoms with Crippen molar-refractivity contribution < 1.29 is 24.0 Å². The first-order valence-corrected chi connectivity index (χ1v) is 5.37. The third-order valence-electron chi connectivity index (χ3n) is 2.33. The highest BCUT2D eigenvalue weighted by molar-refractivity contribution is 5.94. The van der Waals surface area contributed by atoms with E-state index in [1.165, 1.54) is 7.11 Å². The van der Waals surface area contributed by atoms with Crippen LogP contribution in [0.3, 0.4) is 0 Å². The van der Waals surface area contributed by atoms with Crippen molar-refractivity contribution >= 4 is 11.7 Å². The van der Waals surface area contributed by atoms with Crippen LogP contribution in [0.15, 0.2) is 12.1 Å². The normalized spacial score (nSPS) is 10.2. The number of hydrogen-bond donors (Lipinski definition) is 1. The van der Waals surface area contributed by atoms with Gasteiger partial charge >= 0.3 is 5.97 Å². The Morgan fingerprint density at radius 1 is 1.28 bits per heavy atom. The Labute approximate surface area is 106 Å². The minimum absolute atomic E-state index is 0.219. The number of anilines is 1. The Balaban J connectivity index is 3.01. The zero-order valence-electron chi connectivity index (χ0n) is 10.7. The molecule has 18 heavy (non-hydrogen) atoms. The van der Waals surface area contributed by atoms with E-state index in [-0.39, 0.29) is 17.9 Å². The number of hydrogen-bond acceptors (Lipinski definition) is 6. The Morgan fingerprint density at radius 2 is 2.00 bits per heavy atom. The molecule has 0 spiro atoms. The molecular weight excluding hydrogens is 238 g/mol. The molecule has 100 valence electrons. The summed E-state index contributed by atoms with van der Waals surface area (Å²) in [6, 6.07) is 3.29. The van der Waals surface area contributed by atoms with E-state index in [4.69, 9.17) is 15.2 Å². The molecule has 0 aromatic heterocycles. The quantitative estimate of drug-likeness (QED) is 0.357. The van der Waals surface area contributed by atoms with Gasteiger partial charge in [0, 0.05) is 7.11 Å². The number of carbonyl (C=O) groups is 1. The van der Waals surface area contributed by atoms with Crippen molar-refractivity contribution in [3.63, 3.8) is 0 Å². The summed E-state index contributed by atoms with van der Waals surface area (Å²) in [6.45, 7) is 2.51. The number of aryl methyl sites for hydroxylation is 1. The zero-order valence-corrected chi connectivity index (χ0v) is 10.7. The summed E-state index contributed by atoms with van der Waals surface area (Å²) >= 11 is 0. The van der Waals surface area contributed by atoms with Crippen molar-refractivity contribution in [3.05, 3.63) is 23.3 Å². The molecule has 0 aliphatic carbocycles. The Bertz CT molecular complexity index is 419. The smallest absolute Gasteiger partial charge is 0.376 e. The fourth-order valence-electron chi connectivity index (χ4n) is 1.36. The van der Waals surface area contributed by atoms with Crippen molar-refractivity contribution in [1.82, 2.24) is 0 Å². The van der Waals surface area contributed by atoms with Gasteiger partial charge in [0.2, 0.25) is 0 Å². The lowest BCUT2D eigenvalue weighted by Gasteiger charge is -2.14. The number of benzene rings is 1. The lowest BCUT2D eigenvalue weighted by Crippen LogP contribution is -2.12. The number of nitrogen functional groups attached to an aromatic ring is 1. The van der Waals surface area contributed by atoms with Gasteiger partial charge in [0.15, 0.2) is 5.75 Å². The number of ether oxygens (including phenoxy) is 2. The minimum atomic E-state index is -0.656. The van der Waals surface area contributed by atoms with E-state index in [9.17, 15) is 4.79 Å². The first-order chi connectivity index (χ1) is 8.61. The number of carbonyl (C=O) groups excluding carboxylic acids is 1. The molecule has 0 saturated heterocycles. The van der Waals surface area contributed by atoms with E-state index in [2.05, 4.69) is 9.78 Å². The van der Waals surface area contributed by atoms with Gasteiger partial charge in [-0.05, 0) is 18.6 Å². The van der Waals surface area contributed by atoms with Gasteiger partial charge in [-0.3, -0.25) is 4.89 Å². The van der Waals surface area contributed by atoms with Gasteiger partial charge in [0.25, 0.3) is 0 Å². The van der Waals surface area contributed by atoms with Crippen molar-refractivity contribution in [2.24, 2.45) is 0 Å². The van der Waals surface area contributed by atoms with Gasteiger partial charge in [-0.2, -0.15) is 4.89 Å². The second-order valence-corrected chi connectivity index (χ2v) is 3.55. The predicted octanol–water partition coefficient (Wildman–Crippen LogP) is 1.32. The van der Waals surface area contributed by atoms with Crippen LogP contribution >= 0.6 is 0 Å². The highest BCUT2D eigenvalue weighted by Crippen LogP contribution is 2.30. The SMILES string of the molecule is COCCOc1c(C(=O)OOC)ccc(C)c1N. The van der Waals surface area contributed by atoms with Crippen molar-refractivity contribution in [1.29, 1.82) is 0 Å². The monoisotopic (exact) mass is 255 g/mol. The first-order valence-electron chi connectivity index (χ1n) is 5.37. The van der Waals surface area contributed by atoms with Crippen LogP contribution in [0.2, 0.25) is 0 Å². The van der Waals surface area contributed by atoms with Gasteiger partial charge in [-0.25, -0.2) is 4.79 Å². The summed E-state index contributed by atoms with van der Waals surface area (Å²) in [4.78, 5) is 20.4. The minimum Gasteiger partial charge on any atom is -0.488 e. The first kappa shape index (κ1) is 14.3. The average Bonchev–Trinajstić information content (AvgIpc) is 2.35. The molecule has 0 radical (unpaired) electrons. The highest BCUT2D eigenvalue weighted by Gasteiger charge is 2.18. The molecule has 1 aromatic carbocycles. The fourth-order valence-corrected chi connectivity index (χ4v) is 1.36. The maximum atomic E-state index is 11.6. The maximum Gasteiger partial charge on any atom is 0.376 e. The molecule has 2 N–H and O–H groups in total. The summed E-state index contributed by atoms with van der Waals surface area (Å²) in [5, 5.41) is 0. The molecule has 0 unspecified atom stereocenters. The topological polar surface area (TPSA) is 80.0 Å². The summed E-state index contributed by atoms with van der Waals surface area (Å²) in [5.41, 5.74) is 7.32. The molecule has 1 aromatic rings. The summed E-state index contributed by atoms with van der Waals surface area (Å²) in [6.07, 6.45) is 0. The van der Waals surface area contributed by atoms with E-state index in [0.29, 0.717) is 12.3 Å². The van der Waals surface area contributed by atoms with Crippen LogP contribution in [-0.2, 0) is 14.5 Å². The molecule has 0 amide bonds. The van der Waals surface area contributed by atoms with Crippen LogP contribution < -0.4 is 10.5 Å². The lowest BCUT2D eigenvalue weighted by atomic mass is 10.1. The van der Waals surface area contributed by atoms with E-state index in [1.54, 1.807) is 19.2 Å². The molecule has 0 bridgehead atoms. The Hall–Kier alpha value is -1.79. The van der Waals surface area contributed by atoms with Gasteiger partial charge in [-0.1, -0.05) is 6.07 Å².